The maximum Gasteiger partial charge on any atom is 0.272 e. The van der Waals surface area contributed by atoms with Gasteiger partial charge in [0.05, 0.1) is 0 Å². The van der Waals surface area contributed by atoms with Crippen molar-refractivity contribution in [1.82, 2.24) is 14.9 Å². The van der Waals surface area contributed by atoms with Crippen molar-refractivity contribution >= 4 is 29.8 Å². The molecule has 1 aromatic rings. The van der Waals surface area contributed by atoms with Crippen LogP contribution in [0.3, 0.4) is 0 Å². The quantitative estimate of drug-likeness (QED) is 0.757. The van der Waals surface area contributed by atoms with Gasteiger partial charge < -0.3 is 11.1 Å². The van der Waals surface area contributed by atoms with Gasteiger partial charge >= 0.3 is 0 Å². The van der Waals surface area contributed by atoms with Gasteiger partial charge in [0.15, 0.2) is 5.69 Å². The summed E-state index contributed by atoms with van der Waals surface area (Å²) in [6, 6.07) is -0.0285. The Morgan fingerprint density at radius 2 is 2.54 bits per heavy atom. The predicted octanol–water partition coefficient (Wildman–Crippen LogP) is 0.0369. The van der Waals surface area contributed by atoms with Crippen molar-refractivity contribution < 1.29 is 4.79 Å². The van der Waals surface area contributed by atoms with Gasteiger partial charge in [-0.1, -0.05) is 4.49 Å². The average molecular weight is 223 g/mol. The van der Waals surface area contributed by atoms with Gasteiger partial charge in [0.1, 0.15) is 0 Å². The minimum Gasteiger partial charge on any atom is -0.347 e. The summed E-state index contributed by atoms with van der Waals surface area (Å²) < 4.78 is 3.58. The van der Waals surface area contributed by atoms with Crippen molar-refractivity contribution in [3.05, 3.63) is 11.1 Å². The summed E-state index contributed by atoms with van der Waals surface area (Å²) in [4.78, 5) is 11.2. The lowest BCUT2D eigenvalue weighted by atomic mass is 10.3. The van der Waals surface area contributed by atoms with Gasteiger partial charge in [0.25, 0.3) is 5.91 Å². The van der Waals surface area contributed by atoms with E-state index in [2.05, 4.69) is 14.9 Å². The highest BCUT2D eigenvalue weighted by Crippen LogP contribution is 1.96. The largest absolute Gasteiger partial charge is 0.347 e. The van der Waals surface area contributed by atoms with E-state index in [9.17, 15) is 4.79 Å². The molecule has 0 saturated heterocycles. The van der Waals surface area contributed by atoms with Crippen LogP contribution in [0, 0.1) is 0 Å². The zero-order chi connectivity index (χ0) is 8.97. The first-order chi connectivity index (χ1) is 5.74. The van der Waals surface area contributed by atoms with Crippen LogP contribution in [0.5, 0.6) is 0 Å². The molecule has 1 amide bonds. The van der Waals surface area contributed by atoms with Crippen LogP contribution in [0.4, 0.5) is 0 Å². The fraction of sp³-hybridized carbons (Fsp3) is 0.500. The Kier molecular flexibility index (Phi) is 5.52. The van der Waals surface area contributed by atoms with Crippen molar-refractivity contribution in [2.45, 2.75) is 13.0 Å². The normalized spacial score (nSPS) is 11.5. The summed E-state index contributed by atoms with van der Waals surface area (Å²) in [6.45, 7) is 2.25. The average Bonchev–Trinajstić information content (AvgIpc) is 2.56. The Labute approximate surface area is 86.3 Å². The second-order valence-electron chi connectivity index (χ2n) is 2.40. The molecule has 0 aliphatic carbocycles. The van der Waals surface area contributed by atoms with Crippen molar-refractivity contribution in [1.29, 1.82) is 0 Å². The molecule has 13 heavy (non-hydrogen) atoms. The zero-order valence-electron chi connectivity index (χ0n) is 7.06. The van der Waals surface area contributed by atoms with Crippen LogP contribution in [0.25, 0.3) is 0 Å². The van der Waals surface area contributed by atoms with E-state index in [0.717, 1.165) is 11.5 Å². The standard InChI is InChI=1S/C6H10N4OS.ClH/c1-4(2-7)8-6(11)5-3-12-10-9-5;/h3-4H,2,7H2,1H3,(H,8,11);1H/t4-;/m0./s1. The van der Waals surface area contributed by atoms with Crippen LogP contribution in [0.1, 0.15) is 17.4 Å². The lowest BCUT2D eigenvalue weighted by Crippen LogP contribution is -2.37. The first-order valence-corrected chi connectivity index (χ1v) is 4.35. The number of amides is 1. The molecule has 0 aliphatic heterocycles. The topological polar surface area (TPSA) is 80.9 Å². The number of hydrogen-bond acceptors (Lipinski definition) is 5. The van der Waals surface area contributed by atoms with E-state index in [-0.39, 0.29) is 24.4 Å². The maximum atomic E-state index is 11.2. The van der Waals surface area contributed by atoms with Crippen LogP contribution in [-0.4, -0.2) is 28.1 Å². The molecule has 5 nitrogen and oxygen atoms in total. The molecule has 3 N–H and O–H groups in total. The van der Waals surface area contributed by atoms with Crippen molar-refractivity contribution in [3.63, 3.8) is 0 Å². The number of aromatic nitrogens is 2. The van der Waals surface area contributed by atoms with Crippen LogP contribution in [0.15, 0.2) is 5.38 Å². The molecule has 74 valence electrons. The first-order valence-electron chi connectivity index (χ1n) is 3.52. The monoisotopic (exact) mass is 222 g/mol. The molecule has 1 heterocycles. The van der Waals surface area contributed by atoms with Gasteiger partial charge in [-0.15, -0.1) is 17.5 Å². The molecule has 1 atom stereocenters. The lowest BCUT2D eigenvalue weighted by Gasteiger charge is -2.08. The van der Waals surface area contributed by atoms with Gasteiger partial charge in [-0.2, -0.15) is 0 Å². The molecule has 0 aliphatic rings. The Hall–Kier alpha value is -0.720. The summed E-state index contributed by atoms with van der Waals surface area (Å²) in [7, 11) is 0. The molecule has 0 aromatic carbocycles. The summed E-state index contributed by atoms with van der Waals surface area (Å²) in [5, 5.41) is 7.89. The second-order valence-corrected chi connectivity index (χ2v) is 3.01. The molecule has 0 unspecified atom stereocenters. The van der Waals surface area contributed by atoms with Gasteiger partial charge in [0, 0.05) is 18.0 Å². The highest BCUT2D eigenvalue weighted by Gasteiger charge is 2.10. The third-order valence-corrected chi connectivity index (χ3v) is 1.83. The smallest absolute Gasteiger partial charge is 0.272 e. The van der Waals surface area contributed by atoms with E-state index in [1.54, 1.807) is 5.38 Å². The minimum atomic E-state index is -0.221. The Balaban J connectivity index is 0.00000144. The number of carbonyl (C=O) groups is 1. The molecular weight excluding hydrogens is 212 g/mol. The van der Waals surface area contributed by atoms with E-state index in [4.69, 9.17) is 5.73 Å². The highest BCUT2D eigenvalue weighted by atomic mass is 35.5. The van der Waals surface area contributed by atoms with Gasteiger partial charge in [-0.05, 0) is 18.5 Å². The van der Waals surface area contributed by atoms with Crippen LogP contribution in [0.2, 0.25) is 0 Å². The Bertz CT molecular complexity index is 253. The fourth-order valence-electron chi connectivity index (χ4n) is 0.620. The molecule has 1 aromatic heterocycles. The van der Waals surface area contributed by atoms with Crippen LogP contribution >= 0.6 is 23.9 Å². The van der Waals surface area contributed by atoms with E-state index >= 15 is 0 Å². The fourth-order valence-corrected chi connectivity index (χ4v) is 1.06. The predicted molar refractivity (Wildman–Crippen MR) is 53.1 cm³/mol. The number of nitrogens with two attached hydrogens (primary N) is 1. The summed E-state index contributed by atoms with van der Waals surface area (Å²) >= 11 is 1.15. The van der Waals surface area contributed by atoms with Crippen molar-refractivity contribution in [2.24, 2.45) is 5.73 Å². The third-order valence-electron chi connectivity index (χ3n) is 1.32. The van der Waals surface area contributed by atoms with E-state index in [1.807, 2.05) is 6.92 Å². The number of hydrogen-bond donors (Lipinski definition) is 2. The highest BCUT2D eigenvalue weighted by molar-refractivity contribution is 7.03. The molecule has 1 rings (SSSR count). The lowest BCUT2D eigenvalue weighted by molar-refractivity contribution is 0.0936. The summed E-state index contributed by atoms with van der Waals surface area (Å²) in [5.74, 6) is -0.221. The third kappa shape index (κ3) is 3.67. The molecule has 0 radical (unpaired) electrons. The number of nitrogens with one attached hydrogen (secondary N) is 1. The van der Waals surface area contributed by atoms with Gasteiger partial charge in [-0.3, -0.25) is 4.79 Å². The van der Waals surface area contributed by atoms with Crippen LogP contribution in [-0.2, 0) is 0 Å². The van der Waals surface area contributed by atoms with Crippen molar-refractivity contribution in [2.75, 3.05) is 6.54 Å². The summed E-state index contributed by atoms with van der Waals surface area (Å²) in [6.07, 6.45) is 0. The molecule has 0 saturated carbocycles. The van der Waals surface area contributed by atoms with E-state index < -0.39 is 0 Å². The molecule has 7 heteroatoms. The maximum absolute atomic E-state index is 11.2. The van der Waals surface area contributed by atoms with E-state index in [0.29, 0.717) is 12.2 Å². The molecular formula is C6H11ClN4OS. The number of halogens is 1. The number of nitrogens with zero attached hydrogens (tertiary/aromatic N) is 2. The number of carbonyl (C=O) groups excluding carboxylic acids is 1. The van der Waals surface area contributed by atoms with Crippen LogP contribution < -0.4 is 11.1 Å². The SMILES string of the molecule is C[C@@H](CN)NC(=O)c1csnn1.Cl. The molecule has 0 fully saturated rings. The van der Waals surface area contributed by atoms with Crippen molar-refractivity contribution in [3.8, 4) is 0 Å². The molecule has 0 spiro atoms. The molecule has 0 bridgehead atoms. The Morgan fingerprint density at radius 1 is 1.85 bits per heavy atom. The minimum absolute atomic E-state index is 0. The van der Waals surface area contributed by atoms with Gasteiger partial charge in [-0.25, -0.2) is 0 Å². The second kappa shape index (κ2) is 5.85. The van der Waals surface area contributed by atoms with Gasteiger partial charge in [0.2, 0.25) is 0 Å². The first kappa shape index (κ1) is 12.3. The number of rotatable bonds is 3. The van der Waals surface area contributed by atoms with E-state index in [1.165, 1.54) is 0 Å². The Morgan fingerprint density at radius 3 is 3.00 bits per heavy atom. The summed E-state index contributed by atoms with van der Waals surface area (Å²) in [5.41, 5.74) is 5.67. The zero-order valence-corrected chi connectivity index (χ0v) is 8.69.